The lowest BCUT2D eigenvalue weighted by molar-refractivity contribution is -0.130. The van der Waals surface area contributed by atoms with E-state index in [1.807, 2.05) is 11.0 Å². The summed E-state index contributed by atoms with van der Waals surface area (Å²) in [6, 6.07) is 21.1. The van der Waals surface area contributed by atoms with Crippen molar-refractivity contribution in [2.24, 2.45) is 11.7 Å². The van der Waals surface area contributed by atoms with Crippen LogP contribution in [0.15, 0.2) is 60.7 Å². The van der Waals surface area contributed by atoms with Gasteiger partial charge in [-0.05, 0) is 30.2 Å². The quantitative estimate of drug-likeness (QED) is 0.712. The van der Waals surface area contributed by atoms with Crippen molar-refractivity contribution in [3.05, 3.63) is 66.2 Å². The number of nitrogens with two attached hydrogens (primary N) is 1. The third kappa shape index (κ3) is 6.36. The van der Waals surface area contributed by atoms with E-state index in [-0.39, 0.29) is 30.7 Å². The second kappa shape index (κ2) is 12.3. The maximum Gasteiger partial charge on any atom is 0.223 e. The summed E-state index contributed by atoms with van der Waals surface area (Å²) in [5.41, 5.74) is 8.62. The number of anilines is 1. The Morgan fingerprint density at radius 2 is 1.48 bits per heavy atom. The molecule has 0 saturated carbocycles. The van der Waals surface area contributed by atoms with E-state index < -0.39 is 0 Å². The Kier molecular flexibility index (Phi) is 10.1. The second-order valence-electron chi connectivity index (χ2n) is 8.23. The molecule has 2 aliphatic rings. The molecule has 0 unspecified atom stereocenters. The standard InChI is InChI=1S/C24H32N4O.2ClH/c25-17-21-18-28(19-23(21)20-7-3-1-4-8-20)24(29)11-12-26-13-15-27(16-14-26)22-9-5-2-6-10-22;;/h1-10,21,23H,11-19,25H2;2*1H/t21-,23+;;/m1../s1. The Balaban J connectivity index is 0.00000171. The number of likely N-dealkylation sites (tertiary alicyclic amines) is 1. The van der Waals surface area contributed by atoms with Crippen LogP contribution in [-0.2, 0) is 4.79 Å². The van der Waals surface area contributed by atoms with Crippen LogP contribution in [0, 0.1) is 5.92 Å². The van der Waals surface area contributed by atoms with E-state index >= 15 is 0 Å². The molecule has 31 heavy (non-hydrogen) atoms. The first-order valence-electron chi connectivity index (χ1n) is 10.8. The number of hydrogen-bond donors (Lipinski definition) is 1. The first-order valence-corrected chi connectivity index (χ1v) is 10.8. The highest BCUT2D eigenvalue weighted by Gasteiger charge is 2.35. The third-order valence-electron chi connectivity index (χ3n) is 6.46. The van der Waals surface area contributed by atoms with Crippen LogP contribution in [0.1, 0.15) is 17.9 Å². The highest BCUT2D eigenvalue weighted by atomic mass is 35.5. The van der Waals surface area contributed by atoms with Gasteiger partial charge in [0.15, 0.2) is 0 Å². The van der Waals surface area contributed by atoms with Crippen molar-refractivity contribution >= 4 is 36.4 Å². The molecular weight excluding hydrogens is 431 g/mol. The predicted octanol–water partition coefficient (Wildman–Crippen LogP) is 3.24. The van der Waals surface area contributed by atoms with Gasteiger partial charge in [-0.15, -0.1) is 24.8 Å². The van der Waals surface area contributed by atoms with Crippen molar-refractivity contribution in [3.63, 3.8) is 0 Å². The number of para-hydroxylation sites is 1. The van der Waals surface area contributed by atoms with Gasteiger partial charge in [-0.3, -0.25) is 9.69 Å². The van der Waals surface area contributed by atoms with Gasteiger partial charge in [0.2, 0.25) is 5.91 Å². The molecule has 2 fully saturated rings. The molecule has 2 heterocycles. The third-order valence-corrected chi connectivity index (χ3v) is 6.46. The molecule has 2 aromatic carbocycles. The minimum absolute atomic E-state index is 0. The van der Waals surface area contributed by atoms with Crippen LogP contribution in [0.5, 0.6) is 0 Å². The normalized spacial score (nSPS) is 21.3. The van der Waals surface area contributed by atoms with Crippen molar-refractivity contribution in [2.75, 3.05) is 57.3 Å². The molecule has 2 N–H and O–H groups in total. The summed E-state index contributed by atoms with van der Waals surface area (Å²) in [5, 5.41) is 0. The first kappa shape index (κ1) is 25.5. The van der Waals surface area contributed by atoms with Gasteiger partial charge in [-0.25, -0.2) is 0 Å². The zero-order chi connectivity index (χ0) is 20.1. The summed E-state index contributed by atoms with van der Waals surface area (Å²) in [4.78, 5) is 19.7. The van der Waals surface area contributed by atoms with Gasteiger partial charge in [0.25, 0.3) is 0 Å². The summed E-state index contributed by atoms with van der Waals surface area (Å²) in [6.07, 6.45) is 0.601. The molecule has 2 aliphatic heterocycles. The van der Waals surface area contributed by atoms with Gasteiger partial charge in [0, 0.05) is 63.8 Å². The van der Waals surface area contributed by atoms with E-state index in [1.165, 1.54) is 11.3 Å². The number of carbonyl (C=O) groups is 1. The molecule has 0 bridgehead atoms. The Morgan fingerprint density at radius 1 is 0.871 bits per heavy atom. The van der Waals surface area contributed by atoms with Crippen LogP contribution in [-0.4, -0.2) is 68.1 Å². The van der Waals surface area contributed by atoms with Crippen LogP contribution >= 0.6 is 24.8 Å². The van der Waals surface area contributed by atoms with Crippen LogP contribution in [0.25, 0.3) is 0 Å². The smallest absolute Gasteiger partial charge is 0.223 e. The van der Waals surface area contributed by atoms with Crippen LogP contribution in [0.4, 0.5) is 5.69 Å². The van der Waals surface area contributed by atoms with Gasteiger partial charge in [-0.1, -0.05) is 48.5 Å². The zero-order valence-electron chi connectivity index (χ0n) is 17.9. The molecule has 0 radical (unpaired) electrons. The maximum atomic E-state index is 12.9. The summed E-state index contributed by atoms with van der Waals surface area (Å²) >= 11 is 0. The monoisotopic (exact) mass is 464 g/mol. The summed E-state index contributed by atoms with van der Waals surface area (Å²) in [6.45, 7) is 7.14. The Hall–Kier alpha value is -1.79. The van der Waals surface area contributed by atoms with Gasteiger partial charge in [0.1, 0.15) is 0 Å². The summed E-state index contributed by atoms with van der Waals surface area (Å²) in [7, 11) is 0. The number of carbonyl (C=O) groups excluding carboxylic acids is 1. The number of amides is 1. The lowest BCUT2D eigenvalue weighted by Gasteiger charge is -2.36. The van der Waals surface area contributed by atoms with E-state index in [1.54, 1.807) is 0 Å². The molecule has 2 atom stereocenters. The SMILES string of the molecule is Cl.Cl.NC[C@@H]1CN(C(=O)CCN2CCN(c3ccccc3)CC2)C[C@H]1c1ccccc1. The molecule has 170 valence electrons. The largest absolute Gasteiger partial charge is 0.369 e. The molecule has 0 spiro atoms. The summed E-state index contributed by atoms with van der Waals surface area (Å²) in [5.74, 6) is 0.989. The molecule has 0 aliphatic carbocycles. The molecule has 1 amide bonds. The van der Waals surface area contributed by atoms with Crippen molar-refractivity contribution < 1.29 is 4.79 Å². The number of hydrogen-bond acceptors (Lipinski definition) is 4. The van der Waals surface area contributed by atoms with Crippen LogP contribution in [0.3, 0.4) is 0 Å². The predicted molar refractivity (Wildman–Crippen MR) is 133 cm³/mol. The average molecular weight is 465 g/mol. The Morgan fingerprint density at radius 3 is 2.10 bits per heavy atom. The fraction of sp³-hybridized carbons (Fsp3) is 0.458. The van der Waals surface area contributed by atoms with E-state index in [9.17, 15) is 4.79 Å². The zero-order valence-corrected chi connectivity index (χ0v) is 19.6. The van der Waals surface area contributed by atoms with Gasteiger partial charge in [-0.2, -0.15) is 0 Å². The fourth-order valence-electron chi connectivity index (χ4n) is 4.67. The Labute approximate surface area is 198 Å². The molecular formula is C24H34Cl2N4O. The minimum atomic E-state index is 0. The lowest BCUT2D eigenvalue weighted by atomic mass is 9.89. The average Bonchev–Trinajstić information content (AvgIpc) is 3.24. The Bertz CT molecular complexity index is 785. The van der Waals surface area contributed by atoms with E-state index in [0.717, 1.165) is 45.8 Å². The van der Waals surface area contributed by atoms with Gasteiger partial charge in [0.05, 0.1) is 0 Å². The highest BCUT2D eigenvalue weighted by molar-refractivity contribution is 5.85. The maximum absolute atomic E-state index is 12.9. The molecule has 0 aromatic heterocycles. The van der Waals surface area contributed by atoms with Crippen molar-refractivity contribution in [1.29, 1.82) is 0 Å². The van der Waals surface area contributed by atoms with Crippen molar-refractivity contribution in [3.8, 4) is 0 Å². The summed E-state index contributed by atoms with van der Waals surface area (Å²) < 4.78 is 0. The lowest BCUT2D eigenvalue weighted by Crippen LogP contribution is -2.47. The topological polar surface area (TPSA) is 52.8 Å². The second-order valence-corrected chi connectivity index (χ2v) is 8.23. The molecule has 2 saturated heterocycles. The number of halogens is 2. The minimum Gasteiger partial charge on any atom is -0.369 e. The number of piperazine rings is 1. The van der Waals surface area contributed by atoms with Crippen LogP contribution < -0.4 is 10.6 Å². The molecule has 5 nitrogen and oxygen atoms in total. The van der Waals surface area contributed by atoms with Gasteiger partial charge >= 0.3 is 0 Å². The molecule has 4 rings (SSSR count). The van der Waals surface area contributed by atoms with E-state index in [0.29, 0.717) is 24.8 Å². The number of benzene rings is 2. The highest BCUT2D eigenvalue weighted by Crippen LogP contribution is 2.32. The van der Waals surface area contributed by atoms with Crippen molar-refractivity contribution in [2.45, 2.75) is 12.3 Å². The first-order chi connectivity index (χ1) is 14.2. The molecule has 2 aromatic rings. The van der Waals surface area contributed by atoms with Crippen LogP contribution in [0.2, 0.25) is 0 Å². The molecule has 7 heteroatoms. The van der Waals surface area contributed by atoms with Gasteiger partial charge < -0.3 is 15.5 Å². The van der Waals surface area contributed by atoms with E-state index in [2.05, 4.69) is 64.4 Å². The van der Waals surface area contributed by atoms with E-state index in [4.69, 9.17) is 5.73 Å². The number of nitrogens with zero attached hydrogens (tertiary/aromatic N) is 3. The van der Waals surface area contributed by atoms with Crippen molar-refractivity contribution in [1.82, 2.24) is 9.80 Å². The number of rotatable bonds is 6. The fourth-order valence-corrected chi connectivity index (χ4v) is 4.67.